The zero-order valence-corrected chi connectivity index (χ0v) is 10.3. The van der Waals surface area contributed by atoms with E-state index in [0.717, 1.165) is 0 Å². The van der Waals surface area contributed by atoms with Gasteiger partial charge in [-0.05, 0) is 6.92 Å². The molecule has 1 saturated carbocycles. The molecule has 2 aromatic rings. The molecule has 5 N–H and O–H groups in total. The van der Waals surface area contributed by atoms with Gasteiger partial charge in [0.15, 0.2) is 11.5 Å². The number of fused-ring (bicyclic) bond motifs is 1. The van der Waals surface area contributed by atoms with Gasteiger partial charge in [0, 0.05) is 6.42 Å². The number of nitrogens with two attached hydrogens (primary N) is 1. The Morgan fingerprint density at radius 2 is 2.11 bits per heavy atom. The van der Waals surface area contributed by atoms with Crippen LogP contribution in [0.2, 0.25) is 0 Å². The quantitative estimate of drug-likeness (QED) is 0.511. The number of anilines is 1. The highest BCUT2D eigenvalue weighted by Gasteiger charge is 2.49. The molecule has 19 heavy (non-hydrogen) atoms. The first-order valence-electron chi connectivity index (χ1n) is 5.93. The molecule has 0 aromatic carbocycles. The highest BCUT2D eigenvalue weighted by atomic mass is 16.4. The Morgan fingerprint density at radius 3 is 2.74 bits per heavy atom. The second-order valence-electron chi connectivity index (χ2n) is 5.15. The summed E-state index contributed by atoms with van der Waals surface area (Å²) in [4.78, 5) is 12.0. The Bertz CT molecular complexity index is 626. The molecule has 8 heteroatoms. The predicted octanol–water partition coefficient (Wildman–Crippen LogP) is -1.17. The maximum atomic E-state index is 10.1. The topological polar surface area (TPSA) is 130 Å². The summed E-state index contributed by atoms with van der Waals surface area (Å²) in [6.45, 7) is 1.49. The number of rotatable bonds is 1. The Morgan fingerprint density at radius 1 is 1.37 bits per heavy atom. The summed E-state index contributed by atoms with van der Waals surface area (Å²) in [5.41, 5.74) is 5.26. The summed E-state index contributed by atoms with van der Waals surface area (Å²) >= 11 is 0. The first-order chi connectivity index (χ1) is 8.92. The standard InChI is InChI=1S/C11H15N5O3/c1-11(19)2-5(7(17)8(11)18)16-4-15-6-9(12)13-3-14-10(6)16/h3-5,7-8,17-19H,2H2,1H3,(H2,12,13,14)/t5-,7+,8+,11+/m0/s1. The molecular formula is C11H15N5O3. The number of nitrogens with zero attached hydrogens (tertiary/aromatic N) is 4. The Labute approximate surface area is 108 Å². The normalized spacial score (nSPS) is 35.1. The molecule has 0 amide bonds. The molecule has 1 fully saturated rings. The third-order valence-electron chi connectivity index (χ3n) is 3.72. The van der Waals surface area contributed by atoms with Crippen molar-refractivity contribution in [1.29, 1.82) is 0 Å². The maximum Gasteiger partial charge on any atom is 0.165 e. The molecule has 2 aromatic heterocycles. The minimum Gasteiger partial charge on any atom is -0.388 e. The van der Waals surface area contributed by atoms with Gasteiger partial charge < -0.3 is 25.6 Å². The van der Waals surface area contributed by atoms with Crippen molar-refractivity contribution >= 4 is 17.0 Å². The molecule has 2 heterocycles. The first-order valence-corrected chi connectivity index (χ1v) is 5.93. The van der Waals surface area contributed by atoms with Crippen molar-refractivity contribution in [3.8, 4) is 0 Å². The number of aliphatic hydroxyl groups excluding tert-OH is 2. The Balaban J connectivity index is 2.09. The van der Waals surface area contributed by atoms with Gasteiger partial charge in [-0.25, -0.2) is 15.0 Å². The molecule has 102 valence electrons. The van der Waals surface area contributed by atoms with E-state index in [1.165, 1.54) is 19.6 Å². The molecule has 1 aliphatic carbocycles. The first kappa shape index (κ1) is 12.3. The highest BCUT2D eigenvalue weighted by Crippen LogP contribution is 2.39. The van der Waals surface area contributed by atoms with E-state index >= 15 is 0 Å². The zero-order valence-electron chi connectivity index (χ0n) is 10.3. The van der Waals surface area contributed by atoms with Gasteiger partial charge in [-0.3, -0.25) is 0 Å². The maximum absolute atomic E-state index is 10.1. The molecule has 0 aliphatic heterocycles. The minimum absolute atomic E-state index is 0.199. The van der Waals surface area contributed by atoms with E-state index in [4.69, 9.17) is 5.73 Å². The number of aliphatic hydroxyl groups is 3. The van der Waals surface area contributed by atoms with Crippen molar-refractivity contribution in [1.82, 2.24) is 19.5 Å². The Hall–Kier alpha value is -1.77. The van der Waals surface area contributed by atoms with Crippen LogP contribution in [-0.4, -0.2) is 52.6 Å². The van der Waals surface area contributed by atoms with Crippen molar-refractivity contribution in [3.63, 3.8) is 0 Å². The van der Waals surface area contributed by atoms with Crippen LogP contribution in [0, 0.1) is 0 Å². The third-order valence-corrected chi connectivity index (χ3v) is 3.72. The fraction of sp³-hybridized carbons (Fsp3) is 0.545. The van der Waals surface area contributed by atoms with Gasteiger partial charge >= 0.3 is 0 Å². The van der Waals surface area contributed by atoms with E-state index in [0.29, 0.717) is 11.2 Å². The van der Waals surface area contributed by atoms with Crippen LogP contribution in [-0.2, 0) is 0 Å². The van der Waals surface area contributed by atoms with Gasteiger partial charge in [-0.15, -0.1) is 0 Å². The second kappa shape index (κ2) is 3.86. The highest BCUT2D eigenvalue weighted by molar-refractivity contribution is 5.81. The van der Waals surface area contributed by atoms with Crippen LogP contribution < -0.4 is 5.73 Å². The fourth-order valence-corrected chi connectivity index (χ4v) is 2.62. The summed E-state index contributed by atoms with van der Waals surface area (Å²) in [5.74, 6) is 0.253. The number of nitrogen functional groups attached to an aromatic ring is 1. The average Bonchev–Trinajstić information content (AvgIpc) is 2.86. The van der Waals surface area contributed by atoms with Gasteiger partial charge in [0.1, 0.15) is 24.1 Å². The number of aromatic nitrogens is 4. The lowest BCUT2D eigenvalue weighted by Gasteiger charge is -2.21. The van der Waals surface area contributed by atoms with E-state index in [1.807, 2.05) is 0 Å². The summed E-state index contributed by atoms with van der Waals surface area (Å²) in [5, 5.41) is 29.9. The molecule has 4 atom stereocenters. The van der Waals surface area contributed by atoms with Crippen molar-refractivity contribution in [2.75, 3.05) is 5.73 Å². The third kappa shape index (κ3) is 1.68. The molecule has 3 rings (SSSR count). The summed E-state index contributed by atoms with van der Waals surface area (Å²) < 4.78 is 1.61. The van der Waals surface area contributed by atoms with Gasteiger partial charge in [-0.2, -0.15) is 0 Å². The summed E-state index contributed by atoms with van der Waals surface area (Å²) in [7, 11) is 0. The molecule has 8 nitrogen and oxygen atoms in total. The molecule has 0 radical (unpaired) electrons. The van der Waals surface area contributed by atoms with Crippen LogP contribution in [0.4, 0.5) is 5.82 Å². The molecule has 0 bridgehead atoms. The summed E-state index contributed by atoms with van der Waals surface area (Å²) in [6.07, 6.45) is 0.687. The van der Waals surface area contributed by atoms with Crippen molar-refractivity contribution in [3.05, 3.63) is 12.7 Å². The monoisotopic (exact) mass is 265 g/mol. The summed E-state index contributed by atoms with van der Waals surface area (Å²) in [6, 6.07) is -0.510. The van der Waals surface area contributed by atoms with Crippen molar-refractivity contribution in [2.24, 2.45) is 0 Å². The molecular weight excluding hydrogens is 250 g/mol. The van der Waals surface area contributed by atoms with E-state index in [9.17, 15) is 15.3 Å². The molecule has 0 saturated heterocycles. The van der Waals surface area contributed by atoms with Crippen molar-refractivity contribution < 1.29 is 15.3 Å². The van der Waals surface area contributed by atoms with Crippen LogP contribution in [0.1, 0.15) is 19.4 Å². The van der Waals surface area contributed by atoms with Crippen LogP contribution in [0.5, 0.6) is 0 Å². The molecule has 0 unspecified atom stereocenters. The number of hydrogen-bond donors (Lipinski definition) is 4. The minimum atomic E-state index is -1.35. The number of hydrogen-bond acceptors (Lipinski definition) is 7. The fourth-order valence-electron chi connectivity index (χ4n) is 2.62. The van der Waals surface area contributed by atoms with Gasteiger partial charge in [-0.1, -0.05) is 0 Å². The van der Waals surface area contributed by atoms with Crippen LogP contribution >= 0.6 is 0 Å². The van der Waals surface area contributed by atoms with E-state index in [2.05, 4.69) is 15.0 Å². The molecule has 0 spiro atoms. The van der Waals surface area contributed by atoms with Gasteiger partial charge in [0.25, 0.3) is 0 Å². The SMILES string of the molecule is C[C@@]1(O)C[C@H](n2cnc3c(N)ncnc32)[C@@H](O)[C@H]1O. The predicted molar refractivity (Wildman–Crippen MR) is 66.0 cm³/mol. The van der Waals surface area contributed by atoms with Crippen LogP contribution in [0.3, 0.4) is 0 Å². The zero-order chi connectivity index (χ0) is 13.8. The second-order valence-corrected chi connectivity index (χ2v) is 5.15. The number of imidazole rings is 1. The lowest BCUT2D eigenvalue weighted by molar-refractivity contribution is -0.0767. The lowest BCUT2D eigenvalue weighted by atomic mass is 10.0. The smallest absolute Gasteiger partial charge is 0.165 e. The van der Waals surface area contributed by atoms with Gasteiger partial charge in [0.2, 0.25) is 0 Å². The van der Waals surface area contributed by atoms with Crippen molar-refractivity contribution in [2.45, 2.75) is 37.2 Å². The van der Waals surface area contributed by atoms with Crippen LogP contribution in [0.25, 0.3) is 11.2 Å². The Kier molecular flexibility index (Phi) is 2.49. The van der Waals surface area contributed by atoms with E-state index in [-0.39, 0.29) is 12.2 Å². The molecule has 1 aliphatic rings. The van der Waals surface area contributed by atoms with Gasteiger partial charge in [0.05, 0.1) is 18.0 Å². The van der Waals surface area contributed by atoms with Crippen LogP contribution in [0.15, 0.2) is 12.7 Å². The average molecular weight is 265 g/mol. The van der Waals surface area contributed by atoms with E-state index < -0.39 is 23.9 Å². The van der Waals surface area contributed by atoms with E-state index in [1.54, 1.807) is 4.57 Å². The largest absolute Gasteiger partial charge is 0.388 e. The lowest BCUT2D eigenvalue weighted by Crippen LogP contribution is -2.39.